The van der Waals surface area contributed by atoms with Crippen molar-refractivity contribution in [2.24, 2.45) is 11.8 Å². The van der Waals surface area contributed by atoms with Gasteiger partial charge in [-0.05, 0) is 73.6 Å². The number of benzene rings is 4. The molecule has 0 heterocycles. The van der Waals surface area contributed by atoms with Gasteiger partial charge in [0.25, 0.3) is 0 Å². The van der Waals surface area contributed by atoms with E-state index in [2.05, 4.69) is 132 Å². The van der Waals surface area contributed by atoms with Crippen molar-refractivity contribution in [2.75, 3.05) is 0 Å². The van der Waals surface area contributed by atoms with Gasteiger partial charge in [0.05, 0.1) is 0 Å². The molecular formula is C52H66Cl2SiZr-4. The summed E-state index contributed by atoms with van der Waals surface area (Å²) in [5, 5.41) is 5.70. The van der Waals surface area contributed by atoms with E-state index in [0.717, 1.165) is 24.7 Å². The van der Waals surface area contributed by atoms with Crippen LogP contribution in [-0.4, -0.2) is 6.88 Å². The first-order valence-electron chi connectivity index (χ1n) is 20.3. The maximum atomic E-state index is 3.06. The molecule has 0 atom stereocenters. The van der Waals surface area contributed by atoms with Crippen molar-refractivity contribution in [2.45, 2.75) is 118 Å². The molecule has 56 heavy (non-hydrogen) atoms. The summed E-state index contributed by atoms with van der Waals surface area (Å²) in [5.41, 5.74) is 14.1. The number of rotatable bonds is 8. The quantitative estimate of drug-likeness (QED) is 0.106. The molecule has 0 N–H and O–H groups in total. The Labute approximate surface area is 370 Å². The molecule has 0 nitrogen and oxygen atoms in total. The van der Waals surface area contributed by atoms with Crippen LogP contribution in [0.25, 0.3) is 43.8 Å². The van der Waals surface area contributed by atoms with Gasteiger partial charge in [-0.2, -0.15) is 12.1 Å². The summed E-state index contributed by atoms with van der Waals surface area (Å²) in [4.78, 5) is 0. The number of hydrogen-bond donors (Lipinski definition) is 0. The average Bonchev–Trinajstić information content (AvgIpc) is 3.79. The van der Waals surface area contributed by atoms with Crippen molar-refractivity contribution in [1.29, 1.82) is 0 Å². The predicted molar refractivity (Wildman–Crippen MR) is 252 cm³/mol. The van der Waals surface area contributed by atoms with Gasteiger partial charge in [-0.15, -0.1) is 81.8 Å². The van der Waals surface area contributed by atoms with Crippen LogP contribution in [0, 0.1) is 40.5 Å². The Balaban J connectivity index is 0.000000347. The third-order valence-corrected chi connectivity index (χ3v) is 11.9. The van der Waals surface area contributed by atoms with E-state index in [1.165, 1.54) is 166 Å². The molecule has 0 aliphatic heterocycles. The molecule has 0 unspecified atom stereocenters. The van der Waals surface area contributed by atoms with E-state index < -0.39 is 0 Å². The zero-order chi connectivity index (χ0) is 36.5. The number of aryl methyl sites for hydroxylation is 4. The summed E-state index contributed by atoms with van der Waals surface area (Å²) < 4.78 is 0. The Hall–Kier alpha value is -2.22. The number of fused-ring (bicyclic) bond motifs is 2. The predicted octanol–water partition coefficient (Wildman–Crippen LogP) is 15.8. The van der Waals surface area contributed by atoms with Crippen molar-refractivity contribution in [1.82, 2.24) is 0 Å². The summed E-state index contributed by atoms with van der Waals surface area (Å²) >= 11 is 1.36. The number of hydrogen-bond acceptors (Lipinski definition) is 0. The summed E-state index contributed by atoms with van der Waals surface area (Å²) in [7, 11) is 0. The second kappa shape index (κ2) is 24.6. The fourth-order valence-electron chi connectivity index (χ4n) is 9.07. The minimum absolute atomic E-state index is 0. The molecular weight excluding hydrogens is 815 g/mol. The first kappa shape index (κ1) is 49.9. The Morgan fingerprint density at radius 3 is 1.18 bits per heavy atom. The first-order chi connectivity index (χ1) is 25.4. The molecule has 6 aromatic carbocycles. The fraction of sp³-hybridized carbons (Fsp3) is 0.385. The maximum absolute atomic E-state index is 3.06. The topological polar surface area (TPSA) is 0 Å². The van der Waals surface area contributed by atoms with Crippen LogP contribution >= 0.6 is 24.8 Å². The molecule has 4 heteroatoms. The van der Waals surface area contributed by atoms with E-state index in [1.807, 2.05) is 0 Å². The van der Waals surface area contributed by atoms with E-state index in [4.69, 9.17) is 0 Å². The van der Waals surface area contributed by atoms with Crippen LogP contribution in [0.2, 0.25) is 0 Å². The van der Waals surface area contributed by atoms with E-state index in [1.54, 1.807) is 11.1 Å². The third-order valence-electron chi connectivity index (χ3n) is 11.9. The van der Waals surface area contributed by atoms with E-state index in [-0.39, 0.29) is 39.7 Å². The summed E-state index contributed by atoms with van der Waals surface area (Å²) in [6.07, 6.45) is 19.0. The van der Waals surface area contributed by atoms with Gasteiger partial charge in [-0.1, -0.05) is 161 Å². The van der Waals surface area contributed by atoms with Crippen molar-refractivity contribution in [3.63, 3.8) is 0 Å². The van der Waals surface area contributed by atoms with Gasteiger partial charge in [0.15, 0.2) is 0 Å². The summed E-state index contributed by atoms with van der Waals surface area (Å²) in [6.45, 7) is 11.9. The van der Waals surface area contributed by atoms with Gasteiger partial charge in [0, 0.05) is 0 Å². The monoisotopic (exact) mass is 878 g/mol. The Kier molecular flexibility index (Phi) is 22.0. The zero-order valence-corrected chi connectivity index (χ0v) is 40.2. The van der Waals surface area contributed by atoms with Gasteiger partial charge >= 0.3 is 30.2 Å². The summed E-state index contributed by atoms with van der Waals surface area (Å²) in [5.74, 6) is 1.80. The molecule has 2 aliphatic rings. The van der Waals surface area contributed by atoms with Crippen molar-refractivity contribution < 1.29 is 23.3 Å². The molecule has 2 fully saturated rings. The van der Waals surface area contributed by atoms with Gasteiger partial charge in [-0.25, -0.2) is 0 Å². The molecule has 8 rings (SSSR count). The van der Waals surface area contributed by atoms with E-state index in [0.29, 0.717) is 0 Å². The second-order valence-electron chi connectivity index (χ2n) is 15.9. The van der Waals surface area contributed by atoms with Crippen LogP contribution in [0.1, 0.15) is 111 Å². The molecule has 0 saturated heterocycles. The fourth-order valence-corrected chi connectivity index (χ4v) is 9.07. The van der Waals surface area contributed by atoms with Crippen molar-refractivity contribution in [3.8, 4) is 22.3 Å². The zero-order valence-electron chi connectivity index (χ0n) is 35.1. The average molecular weight is 881 g/mol. The molecule has 0 bridgehead atoms. The first-order valence-corrected chi connectivity index (χ1v) is 24.5. The standard InChI is InChI=1S/2C25H29.2CH3.2ClH.Si.Zr/c2*1-3-19-9-11-22(12-10-19)24-14-18(2)13-23-16-21(17-25(23)24)15-20-7-5-4-6-8-20;;;;;;/h2*9-14,16-17,20H,3-8,15H2,1-2H3;2*1H3;2*1H;;/q4*-1;;;;. The van der Waals surface area contributed by atoms with Gasteiger partial charge in [0.1, 0.15) is 0 Å². The second-order valence-corrected chi connectivity index (χ2v) is 15.9. The van der Waals surface area contributed by atoms with Crippen LogP contribution in [0.3, 0.4) is 0 Å². The van der Waals surface area contributed by atoms with Crippen LogP contribution < -0.4 is 0 Å². The number of halogens is 2. The third kappa shape index (κ3) is 12.9. The van der Waals surface area contributed by atoms with E-state index >= 15 is 0 Å². The van der Waals surface area contributed by atoms with Crippen molar-refractivity contribution in [3.05, 3.63) is 145 Å². The van der Waals surface area contributed by atoms with Crippen LogP contribution in [0.5, 0.6) is 0 Å². The minimum atomic E-state index is 0. The molecule has 2 radical (unpaired) electrons. The Morgan fingerprint density at radius 1 is 0.518 bits per heavy atom. The molecule has 6 aromatic rings. The van der Waals surface area contributed by atoms with Crippen LogP contribution in [0.15, 0.2) is 97.1 Å². The van der Waals surface area contributed by atoms with Crippen molar-refractivity contribution >= 4 is 53.2 Å². The van der Waals surface area contributed by atoms with Gasteiger partial charge in [0.2, 0.25) is 0 Å². The normalized spacial score (nSPS) is 14.1. The molecule has 0 spiro atoms. The van der Waals surface area contributed by atoms with Gasteiger partial charge in [-0.3, -0.25) is 0 Å². The molecule has 2 aliphatic carbocycles. The van der Waals surface area contributed by atoms with Crippen LogP contribution in [0.4, 0.5) is 0 Å². The SMILES string of the molecule is CCc1ccc(-c2cc(C)cc3[cH-]c(CC4CCCCC4)cc23)cc1.CCc1ccc(-c2cc(C)cc3[cH-]c(CC4CCCCC4)cc23)cc1.Cl.Cl.[CH3-].[CH3-].[Si]=[Zr]. The Morgan fingerprint density at radius 2 is 0.857 bits per heavy atom. The Bertz CT molecular complexity index is 1870. The summed E-state index contributed by atoms with van der Waals surface area (Å²) in [6, 6.07) is 37.5. The molecule has 0 amide bonds. The molecule has 300 valence electrons. The molecule has 0 aromatic heterocycles. The van der Waals surface area contributed by atoms with Crippen LogP contribution in [-0.2, 0) is 49.0 Å². The van der Waals surface area contributed by atoms with Gasteiger partial charge < -0.3 is 14.9 Å². The molecule has 2 saturated carbocycles. The van der Waals surface area contributed by atoms with E-state index in [9.17, 15) is 0 Å².